The molecule has 3 aromatic rings. The number of rotatable bonds is 6. The zero-order valence-corrected chi connectivity index (χ0v) is 15.7. The van der Waals surface area contributed by atoms with Gasteiger partial charge in [-0.05, 0) is 18.9 Å². The van der Waals surface area contributed by atoms with Gasteiger partial charge in [0.05, 0.1) is 30.7 Å². The molecule has 0 radical (unpaired) electrons. The second-order valence-corrected chi connectivity index (χ2v) is 6.72. The van der Waals surface area contributed by atoms with Crippen LogP contribution in [0.5, 0.6) is 5.75 Å². The minimum atomic E-state index is -2.67. The van der Waals surface area contributed by atoms with E-state index in [1.165, 1.54) is 13.2 Å². The normalized spacial score (nSPS) is 15.3. The Morgan fingerprint density at radius 3 is 2.96 bits per heavy atom. The number of benzene rings is 1. The van der Waals surface area contributed by atoms with E-state index in [0.29, 0.717) is 17.5 Å². The van der Waals surface area contributed by atoms with E-state index >= 15 is 0 Å². The number of aromatic nitrogens is 4. The Balaban J connectivity index is 1.69. The molecule has 1 aliphatic rings. The van der Waals surface area contributed by atoms with Crippen molar-refractivity contribution in [2.45, 2.75) is 18.9 Å². The largest absolute Gasteiger partial charge is 0.494 e. The van der Waals surface area contributed by atoms with Crippen LogP contribution in [0.2, 0.25) is 5.15 Å². The molecule has 0 spiro atoms. The standard InChI is InChI=1S/C19H19ClN6O2/c1-21-19(27)17-15(8-16(20)24-25-17)23-14-5-3-4-13(18(14)28-2)11-9-22-26(10-11)12-6-7-12/h3-5,8-10,12H,6-7H2,1-2H3,(H,21,27)(H,23,24)/i1D3. The monoisotopic (exact) mass is 401 g/mol. The molecule has 28 heavy (non-hydrogen) atoms. The maximum atomic E-state index is 12.4. The zero-order valence-electron chi connectivity index (χ0n) is 17.9. The highest BCUT2D eigenvalue weighted by molar-refractivity contribution is 6.29. The number of hydrogen-bond acceptors (Lipinski definition) is 6. The van der Waals surface area contributed by atoms with Crippen LogP contribution in [-0.4, -0.2) is 40.0 Å². The summed E-state index contributed by atoms with van der Waals surface area (Å²) in [6, 6.07) is 7.32. The van der Waals surface area contributed by atoms with Crippen molar-refractivity contribution in [3.05, 3.63) is 47.5 Å². The summed E-state index contributed by atoms with van der Waals surface area (Å²) in [7, 11) is 1.54. The summed E-state index contributed by atoms with van der Waals surface area (Å²) in [4.78, 5) is 12.4. The summed E-state index contributed by atoms with van der Waals surface area (Å²) in [5, 5.41) is 16.8. The van der Waals surface area contributed by atoms with Gasteiger partial charge in [0.15, 0.2) is 10.8 Å². The van der Waals surface area contributed by atoms with Gasteiger partial charge in [0.25, 0.3) is 5.91 Å². The maximum Gasteiger partial charge on any atom is 0.273 e. The highest BCUT2D eigenvalue weighted by Gasteiger charge is 2.25. The fourth-order valence-corrected chi connectivity index (χ4v) is 3.08. The van der Waals surface area contributed by atoms with Crippen molar-refractivity contribution >= 4 is 28.9 Å². The maximum absolute atomic E-state index is 12.4. The molecule has 2 N–H and O–H groups in total. The Morgan fingerprint density at radius 1 is 1.36 bits per heavy atom. The van der Waals surface area contributed by atoms with Crippen molar-refractivity contribution in [3.63, 3.8) is 0 Å². The summed E-state index contributed by atoms with van der Waals surface area (Å²) < 4.78 is 29.3. The third kappa shape index (κ3) is 3.50. The number of amides is 1. The van der Waals surface area contributed by atoms with Crippen molar-refractivity contribution in [2.75, 3.05) is 19.4 Å². The smallest absolute Gasteiger partial charge is 0.273 e. The SMILES string of the molecule is [2H]C([2H])([2H])NC(=O)c1nnc(Cl)cc1Nc1cccc(-c2cnn(C3CC3)c2)c1OC. The molecule has 0 atom stereocenters. The van der Waals surface area contributed by atoms with Crippen LogP contribution in [0.15, 0.2) is 36.7 Å². The lowest BCUT2D eigenvalue weighted by Crippen LogP contribution is -2.21. The topological polar surface area (TPSA) is 94.0 Å². The molecule has 4 rings (SSSR count). The van der Waals surface area contributed by atoms with Crippen molar-refractivity contribution in [1.29, 1.82) is 0 Å². The first-order valence-corrected chi connectivity index (χ1v) is 8.97. The summed E-state index contributed by atoms with van der Waals surface area (Å²) in [5.41, 5.74) is 2.20. The lowest BCUT2D eigenvalue weighted by atomic mass is 10.1. The highest BCUT2D eigenvalue weighted by Crippen LogP contribution is 2.40. The Morgan fingerprint density at radius 2 is 2.21 bits per heavy atom. The van der Waals surface area contributed by atoms with Crippen LogP contribution in [0.1, 0.15) is 33.5 Å². The van der Waals surface area contributed by atoms with E-state index < -0.39 is 12.9 Å². The molecule has 144 valence electrons. The Bertz CT molecular complexity index is 1130. The summed E-state index contributed by atoms with van der Waals surface area (Å²) in [6.07, 6.45) is 5.99. The molecule has 1 amide bonds. The van der Waals surface area contributed by atoms with Crippen LogP contribution < -0.4 is 15.4 Å². The quantitative estimate of drug-likeness (QED) is 0.657. The van der Waals surface area contributed by atoms with Gasteiger partial charge in [-0.2, -0.15) is 5.10 Å². The zero-order chi connectivity index (χ0) is 22.2. The van der Waals surface area contributed by atoms with Crippen molar-refractivity contribution in [3.8, 4) is 16.9 Å². The number of hydrogen-bond donors (Lipinski definition) is 2. The Labute approximate surface area is 171 Å². The number of carbonyl (C=O) groups excluding carboxylic acids is 1. The number of methoxy groups -OCH3 is 1. The van der Waals surface area contributed by atoms with E-state index in [0.717, 1.165) is 24.0 Å². The summed E-state index contributed by atoms with van der Waals surface area (Å²) in [6.45, 7) is -2.67. The number of para-hydroxylation sites is 1. The van der Waals surface area contributed by atoms with Gasteiger partial charge in [-0.15, -0.1) is 10.2 Å². The predicted octanol–water partition coefficient (Wildman–Crippen LogP) is 3.44. The van der Waals surface area contributed by atoms with Gasteiger partial charge in [-0.1, -0.05) is 23.7 Å². The summed E-state index contributed by atoms with van der Waals surface area (Å²) >= 11 is 5.96. The van der Waals surface area contributed by atoms with Gasteiger partial charge in [-0.25, -0.2) is 0 Å². The number of halogens is 1. The molecule has 8 nitrogen and oxygen atoms in total. The van der Waals surface area contributed by atoms with E-state index in [4.69, 9.17) is 20.5 Å². The first kappa shape index (κ1) is 14.9. The average Bonchev–Trinajstić information content (AvgIpc) is 3.43. The number of anilines is 2. The first-order valence-electron chi connectivity index (χ1n) is 10.1. The van der Waals surface area contributed by atoms with Crippen LogP contribution in [0.4, 0.5) is 11.4 Å². The van der Waals surface area contributed by atoms with E-state index in [2.05, 4.69) is 20.6 Å². The van der Waals surface area contributed by atoms with Crippen molar-refractivity contribution < 1.29 is 13.6 Å². The van der Waals surface area contributed by atoms with Crippen LogP contribution >= 0.6 is 11.6 Å². The van der Waals surface area contributed by atoms with Crippen LogP contribution in [-0.2, 0) is 0 Å². The van der Waals surface area contributed by atoms with Crippen molar-refractivity contribution in [2.24, 2.45) is 0 Å². The molecule has 2 aromatic heterocycles. The molecular formula is C19H19ClN6O2. The summed E-state index contributed by atoms with van der Waals surface area (Å²) in [5.74, 6) is -0.388. The average molecular weight is 402 g/mol. The molecule has 0 bridgehead atoms. The molecule has 2 heterocycles. The number of ether oxygens (including phenoxy) is 1. The van der Waals surface area contributed by atoms with Gasteiger partial charge >= 0.3 is 0 Å². The molecular weight excluding hydrogens is 380 g/mol. The minimum Gasteiger partial charge on any atom is -0.494 e. The third-order valence-electron chi connectivity index (χ3n) is 4.41. The molecule has 0 aliphatic heterocycles. The van der Waals surface area contributed by atoms with Crippen LogP contribution in [0, 0.1) is 0 Å². The van der Waals surface area contributed by atoms with E-state index in [-0.39, 0.29) is 16.5 Å². The minimum absolute atomic E-state index is 0.0359. The third-order valence-corrected chi connectivity index (χ3v) is 4.60. The van der Waals surface area contributed by atoms with E-state index in [1.54, 1.807) is 12.3 Å². The van der Waals surface area contributed by atoms with E-state index in [9.17, 15) is 4.79 Å². The van der Waals surface area contributed by atoms with Gasteiger partial charge in [-0.3, -0.25) is 9.48 Å². The van der Waals surface area contributed by atoms with Gasteiger partial charge in [0, 0.05) is 34.5 Å². The fraction of sp³-hybridized carbons (Fsp3) is 0.263. The molecule has 9 heteroatoms. The molecule has 1 saturated carbocycles. The fourth-order valence-electron chi connectivity index (χ4n) is 2.93. The molecule has 0 unspecified atom stereocenters. The van der Waals surface area contributed by atoms with Crippen LogP contribution in [0.3, 0.4) is 0 Å². The van der Waals surface area contributed by atoms with Gasteiger partial charge in [0.1, 0.15) is 5.75 Å². The van der Waals surface area contributed by atoms with Gasteiger partial charge in [0.2, 0.25) is 0 Å². The molecule has 1 fully saturated rings. The molecule has 1 aliphatic carbocycles. The second kappa shape index (κ2) is 7.47. The molecule has 0 saturated heterocycles. The number of nitrogens with one attached hydrogen (secondary N) is 2. The van der Waals surface area contributed by atoms with E-state index in [1.807, 2.05) is 28.3 Å². The number of carbonyl (C=O) groups is 1. The lowest BCUT2D eigenvalue weighted by molar-refractivity contribution is 0.0958. The Hall–Kier alpha value is -3.13. The van der Waals surface area contributed by atoms with Crippen LogP contribution in [0.25, 0.3) is 11.1 Å². The second-order valence-electron chi connectivity index (χ2n) is 6.34. The predicted molar refractivity (Wildman–Crippen MR) is 106 cm³/mol. The Kier molecular flexibility index (Phi) is 3.97. The van der Waals surface area contributed by atoms with Crippen molar-refractivity contribution in [1.82, 2.24) is 25.3 Å². The lowest BCUT2D eigenvalue weighted by Gasteiger charge is -2.16. The highest BCUT2D eigenvalue weighted by atomic mass is 35.5. The molecule has 1 aromatic carbocycles. The van der Waals surface area contributed by atoms with Gasteiger partial charge < -0.3 is 15.4 Å². The first-order chi connectivity index (χ1) is 14.7. The number of nitrogens with zero attached hydrogens (tertiary/aromatic N) is 4.